The Bertz CT molecular complexity index is 282. The lowest BCUT2D eigenvalue weighted by Crippen LogP contribution is -2.28. The lowest BCUT2D eigenvalue weighted by atomic mass is 9.89. The average Bonchev–Trinajstić information content (AvgIpc) is 2.80. The van der Waals surface area contributed by atoms with Gasteiger partial charge in [-0.05, 0) is 25.8 Å². The minimum Gasteiger partial charge on any atom is -0.395 e. The third-order valence-electron chi connectivity index (χ3n) is 3.09. The predicted molar refractivity (Wildman–Crippen MR) is 52.7 cm³/mol. The van der Waals surface area contributed by atoms with Crippen molar-refractivity contribution >= 4 is 5.71 Å². The topological polar surface area (TPSA) is 48.6 Å². The van der Waals surface area contributed by atoms with Gasteiger partial charge in [-0.3, -0.25) is 0 Å². The van der Waals surface area contributed by atoms with E-state index in [1.54, 1.807) is 0 Å². The Labute approximate surface area is 84.1 Å². The van der Waals surface area contributed by atoms with Crippen molar-refractivity contribution in [3.05, 3.63) is 0 Å². The van der Waals surface area contributed by atoms with E-state index in [1.807, 2.05) is 6.92 Å². The van der Waals surface area contributed by atoms with Gasteiger partial charge < -0.3 is 9.74 Å². The Kier molecular flexibility index (Phi) is 2.69. The normalized spacial score (nSPS) is 35.7. The molecule has 4 heteroatoms. The zero-order valence-electron chi connectivity index (χ0n) is 8.44. The Morgan fingerprint density at radius 3 is 3.00 bits per heavy atom. The second-order valence-electron chi connectivity index (χ2n) is 3.92. The molecule has 2 saturated heterocycles. The Morgan fingerprint density at radius 1 is 1.64 bits per heavy atom. The van der Waals surface area contributed by atoms with Crippen LogP contribution >= 0.6 is 0 Å². The highest BCUT2D eigenvalue weighted by atomic mass is 16.6. The first-order valence-electron chi connectivity index (χ1n) is 5.17. The summed E-state index contributed by atoms with van der Waals surface area (Å²) in [4.78, 5) is 7.35. The molecule has 0 radical (unpaired) electrons. The SMILES string of the molecule is CCO/N=C(\C#N)C1CN2CCC1C2. The number of rotatable bonds is 3. The summed E-state index contributed by atoms with van der Waals surface area (Å²) in [7, 11) is 0. The minimum atomic E-state index is 0.320. The molecule has 2 heterocycles. The van der Waals surface area contributed by atoms with E-state index in [-0.39, 0.29) is 0 Å². The van der Waals surface area contributed by atoms with Crippen LogP contribution in [0.2, 0.25) is 0 Å². The predicted octanol–water partition coefficient (Wildman–Crippen LogP) is 0.854. The van der Waals surface area contributed by atoms with Gasteiger partial charge in [0.05, 0.1) is 0 Å². The number of piperidine rings is 1. The molecule has 0 amide bonds. The van der Waals surface area contributed by atoms with Crippen molar-refractivity contribution in [2.75, 3.05) is 26.2 Å². The van der Waals surface area contributed by atoms with E-state index < -0.39 is 0 Å². The first-order chi connectivity index (χ1) is 6.85. The molecule has 0 saturated carbocycles. The average molecular weight is 193 g/mol. The second kappa shape index (κ2) is 3.97. The number of hydrogen-bond donors (Lipinski definition) is 0. The minimum absolute atomic E-state index is 0.320. The van der Waals surface area contributed by atoms with Crippen molar-refractivity contribution < 1.29 is 4.84 Å². The molecule has 76 valence electrons. The van der Waals surface area contributed by atoms with Crippen molar-refractivity contribution in [1.29, 1.82) is 5.26 Å². The third kappa shape index (κ3) is 1.60. The second-order valence-corrected chi connectivity index (χ2v) is 3.92. The summed E-state index contributed by atoms with van der Waals surface area (Å²) in [5, 5.41) is 12.9. The highest BCUT2D eigenvalue weighted by Gasteiger charge is 2.40. The Hall–Kier alpha value is -1.08. The van der Waals surface area contributed by atoms with Gasteiger partial charge in [0.1, 0.15) is 12.7 Å². The molecule has 2 aliphatic rings. The van der Waals surface area contributed by atoms with Crippen molar-refractivity contribution in [1.82, 2.24) is 4.90 Å². The summed E-state index contributed by atoms with van der Waals surface area (Å²) in [5.74, 6) is 0.953. The molecule has 0 spiro atoms. The van der Waals surface area contributed by atoms with Gasteiger partial charge in [-0.2, -0.15) is 5.26 Å². The van der Waals surface area contributed by atoms with E-state index >= 15 is 0 Å². The summed E-state index contributed by atoms with van der Waals surface area (Å²) >= 11 is 0. The zero-order valence-corrected chi connectivity index (χ0v) is 8.44. The van der Waals surface area contributed by atoms with Gasteiger partial charge in [0.2, 0.25) is 0 Å². The maximum absolute atomic E-state index is 8.96. The van der Waals surface area contributed by atoms with Crippen LogP contribution in [0.15, 0.2) is 5.16 Å². The lowest BCUT2D eigenvalue weighted by Gasteiger charge is -2.19. The highest BCUT2D eigenvalue weighted by molar-refractivity contribution is 6.00. The molecule has 2 aliphatic heterocycles. The lowest BCUT2D eigenvalue weighted by molar-refractivity contribution is 0.156. The first-order valence-corrected chi connectivity index (χ1v) is 5.17. The van der Waals surface area contributed by atoms with Gasteiger partial charge in [0.25, 0.3) is 0 Å². The number of nitrogens with zero attached hydrogens (tertiary/aromatic N) is 3. The van der Waals surface area contributed by atoms with Crippen LogP contribution in [0.25, 0.3) is 0 Å². The molecule has 2 fully saturated rings. The zero-order chi connectivity index (χ0) is 9.97. The fourth-order valence-electron chi connectivity index (χ4n) is 2.40. The summed E-state index contributed by atoms with van der Waals surface area (Å²) in [6.07, 6.45) is 1.21. The Morgan fingerprint density at radius 2 is 2.50 bits per heavy atom. The molecule has 0 aromatic heterocycles. The molecule has 3 unspecified atom stereocenters. The largest absolute Gasteiger partial charge is 0.395 e. The number of oxime groups is 1. The van der Waals surface area contributed by atoms with Gasteiger partial charge in [0.15, 0.2) is 5.71 Å². The standard InChI is InChI=1S/C10H15N3O/c1-2-14-12-10(5-11)9-7-13-4-3-8(9)6-13/h8-9H,2-4,6-7H2,1H3/b12-10+. The maximum atomic E-state index is 8.96. The van der Waals surface area contributed by atoms with Crippen LogP contribution < -0.4 is 0 Å². The van der Waals surface area contributed by atoms with Gasteiger partial charge >= 0.3 is 0 Å². The van der Waals surface area contributed by atoms with E-state index in [1.165, 1.54) is 13.0 Å². The maximum Gasteiger partial charge on any atom is 0.161 e. The van der Waals surface area contributed by atoms with E-state index in [0.717, 1.165) is 13.1 Å². The summed E-state index contributed by atoms with van der Waals surface area (Å²) in [5.41, 5.74) is 0.582. The molecule has 0 aliphatic carbocycles. The summed E-state index contributed by atoms with van der Waals surface area (Å²) in [6, 6.07) is 2.16. The van der Waals surface area contributed by atoms with Crippen molar-refractivity contribution in [2.45, 2.75) is 13.3 Å². The quantitative estimate of drug-likeness (QED) is 0.493. The fourth-order valence-corrected chi connectivity index (χ4v) is 2.40. The van der Waals surface area contributed by atoms with Crippen molar-refractivity contribution in [3.8, 4) is 6.07 Å². The summed E-state index contributed by atoms with van der Waals surface area (Å²) in [6.45, 7) is 5.73. The molecule has 2 rings (SSSR count). The number of hydrogen-bond acceptors (Lipinski definition) is 4. The van der Waals surface area contributed by atoms with Crippen LogP contribution in [0.5, 0.6) is 0 Å². The molecule has 4 nitrogen and oxygen atoms in total. The van der Waals surface area contributed by atoms with E-state index in [4.69, 9.17) is 10.1 Å². The van der Waals surface area contributed by atoms with Gasteiger partial charge in [-0.1, -0.05) is 5.16 Å². The summed E-state index contributed by atoms with van der Waals surface area (Å²) < 4.78 is 0. The van der Waals surface area contributed by atoms with Gasteiger partial charge in [-0.15, -0.1) is 0 Å². The van der Waals surface area contributed by atoms with Gasteiger partial charge in [-0.25, -0.2) is 0 Å². The molecule has 14 heavy (non-hydrogen) atoms. The Balaban J connectivity index is 2.03. The molecule has 0 aromatic rings. The first kappa shape index (κ1) is 9.47. The monoisotopic (exact) mass is 193 g/mol. The smallest absolute Gasteiger partial charge is 0.161 e. The molecular formula is C10H15N3O. The molecule has 0 N–H and O–H groups in total. The van der Waals surface area contributed by atoms with E-state index in [9.17, 15) is 0 Å². The van der Waals surface area contributed by atoms with E-state index in [0.29, 0.717) is 24.2 Å². The van der Waals surface area contributed by atoms with Crippen LogP contribution in [0.4, 0.5) is 0 Å². The number of fused-ring (bicyclic) bond motifs is 2. The van der Waals surface area contributed by atoms with Crippen LogP contribution in [0.3, 0.4) is 0 Å². The highest BCUT2D eigenvalue weighted by Crippen LogP contribution is 2.33. The van der Waals surface area contributed by atoms with Gasteiger partial charge in [0, 0.05) is 19.0 Å². The van der Waals surface area contributed by atoms with Crippen LogP contribution in [0.1, 0.15) is 13.3 Å². The van der Waals surface area contributed by atoms with Crippen LogP contribution in [-0.4, -0.2) is 36.9 Å². The number of nitriles is 1. The van der Waals surface area contributed by atoms with Crippen LogP contribution in [0, 0.1) is 23.2 Å². The third-order valence-corrected chi connectivity index (χ3v) is 3.09. The molecule has 0 aromatic carbocycles. The fraction of sp³-hybridized carbons (Fsp3) is 0.800. The molecule has 2 bridgehead atoms. The van der Waals surface area contributed by atoms with Crippen LogP contribution in [-0.2, 0) is 4.84 Å². The van der Waals surface area contributed by atoms with E-state index in [2.05, 4.69) is 16.1 Å². The van der Waals surface area contributed by atoms with Crippen molar-refractivity contribution in [2.24, 2.45) is 17.0 Å². The van der Waals surface area contributed by atoms with Crippen molar-refractivity contribution in [3.63, 3.8) is 0 Å². The molecule has 3 atom stereocenters. The molecular weight excluding hydrogens is 178 g/mol.